The molecule has 1 saturated heterocycles. The van der Waals surface area contributed by atoms with E-state index in [9.17, 15) is 13.5 Å². The molecule has 0 spiro atoms. The highest BCUT2D eigenvalue weighted by Gasteiger charge is 2.51. The molecule has 0 aromatic heterocycles. The Morgan fingerprint density at radius 1 is 1.43 bits per heavy atom. The number of sulfone groups is 1. The van der Waals surface area contributed by atoms with Gasteiger partial charge < -0.3 is 10.8 Å². The van der Waals surface area contributed by atoms with E-state index >= 15 is 0 Å². The van der Waals surface area contributed by atoms with Crippen LogP contribution in [0.4, 0.5) is 0 Å². The number of rotatable bonds is 2. The van der Waals surface area contributed by atoms with Crippen LogP contribution in [0.5, 0.6) is 0 Å². The van der Waals surface area contributed by atoms with E-state index in [0.29, 0.717) is 25.1 Å². The molecular weight excluding hydrogens is 202 g/mol. The van der Waals surface area contributed by atoms with Gasteiger partial charge in [-0.15, -0.1) is 0 Å². The number of aliphatic hydroxyl groups excluding tert-OH is 1. The Kier molecular flexibility index (Phi) is 2.36. The second-order valence-corrected chi connectivity index (χ2v) is 6.96. The van der Waals surface area contributed by atoms with Gasteiger partial charge in [0.1, 0.15) is 0 Å². The summed E-state index contributed by atoms with van der Waals surface area (Å²) in [7, 11) is -2.82. The standard InChI is InChI=1S/C9H17NO3S/c10-6-9(3-8(11)4-9)7-1-2-14(12,13)5-7/h7-8,11H,1-6,10H2. The van der Waals surface area contributed by atoms with Gasteiger partial charge in [-0.2, -0.15) is 0 Å². The lowest BCUT2D eigenvalue weighted by Crippen LogP contribution is -2.51. The summed E-state index contributed by atoms with van der Waals surface area (Å²) in [4.78, 5) is 0. The number of hydrogen-bond donors (Lipinski definition) is 2. The highest BCUT2D eigenvalue weighted by molar-refractivity contribution is 7.91. The maximum Gasteiger partial charge on any atom is 0.150 e. The molecule has 4 nitrogen and oxygen atoms in total. The Bertz CT molecular complexity index is 319. The van der Waals surface area contributed by atoms with Crippen molar-refractivity contribution in [1.29, 1.82) is 0 Å². The molecule has 3 N–H and O–H groups in total. The van der Waals surface area contributed by atoms with Crippen molar-refractivity contribution < 1.29 is 13.5 Å². The van der Waals surface area contributed by atoms with Crippen molar-refractivity contribution in [2.45, 2.75) is 25.4 Å². The van der Waals surface area contributed by atoms with E-state index in [4.69, 9.17) is 5.73 Å². The number of nitrogens with two attached hydrogens (primary N) is 1. The molecule has 1 atom stereocenters. The van der Waals surface area contributed by atoms with Crippen LogP contribution in [0.1, 0.15) is 19.3 Å². The first-order chi connectivity index (χ1) is 6.47. The van der Waals surface area contributed by atoms with E-state index in [0.717, 1.165) is 6.42 Å². The summed E-state index contributed by atoms with van der Waals surface area (Å²) in [5, 5.41) is 9.30. The zero-order valence-corrected chi connectivity index (χ0v) is 8.96. The third kappa shape index (κ3) is 1.57. The normalized spacial score (nSPS) is 46.1. The average molecular weight is 219 g/mol. The van der Waals surface area contributed by atoms with Crippen LogP contribution >= 0.6 is 0 Å². The molecule has 14 heavy (non-hydrogen) atoms. The van der Waals surface area contributed by atoms with Gasteiger partial charge >= 0.3 is 0 Å². The van der Waals surface area contributed by atoms with Crippen molar-refractivity contribution in [3.8, 4) is 0 Å². The Balaban J connectivity index is 2.09. The van der Waals surface area contributed by atoms with Gasteiger partial charge in [-0.1, -0.05) is 0 Å². The lowest BCUT2D eigenvalue weighted by atomic mass is 9.59. The lowest BCUT2D eigenvalue weighted by molar-refractivity contribution is -0.0576. The van der Waals surface area contributed by atoms with E-state index in [1.807, 2.05) is 0 Å². The van der Waals surface area contributed by atoms with Crippen LogP contribution in [-0.2, 0) is 9.84 Å². The minimum Gasteiger partial charge on any atom is -0.393 e. The van der Waals surface area contributed by atoms with Crippen molar-refractivity contribution in [2.75, 3.05) is 18.1 Å². The van der Waals surface area contributed by atoms with Gasteiger partial charge in [-0.05, 0) is 37.1 Å². The van der Waals surface area contributed by atoms with Gasteiger partial charge in [-0.3, -0.25) is 0 Å². The quantitative estimate of drug-likeness (QED) is 0.657. The SMILES string of the molecule is NCC1(C2CCS(=O)(=O)C2)CC(O)C1. The predicted molar refractivity (Wildman–Crippen MR) is 53.5 cm³/mol. The summed E-state index contributed by atoms with van der Waals surface area (Å²) in [5.74, 6) is 0.757. The van der Waals surface area contributed by atoms with Crippen molar-refractivity contribution in [3.05, 3.63) is 0 Å². The van der Waals surface area contributed by atoms with Crippen LogP contribution in [0, 0.1) is 11.3 Å². The first kappa shape index (κ1) is 10.4. The Morgan fingerprint density at radius 3 is 2.43 bits per heavy atom. The molecule has 82 valence electrons. The smallest absolute Gasteiger partial charge is 0.150 e. The zero-order chi connectivity index (χ0) is 10.4. The molecule has 0 radical (unpaired) electrons. The zero-order valence-electron chi connectivity index (χ0n) is 8.15. The molecule has 0 bridgehead atoms. The fourth-order valence-electron chi connectivity index (χ4n) is 2.82. The fraction of sp³-hybridized carbons (Fsp3) is 1.00. The van der Waals surface area contributed by atoms with Gasteiger partial charge in [0.25, 0.3) is 0 Å². The van der Waals surface area contributed by atoms with Crippen LogP contribution in [-0.4, -0.2) is 37.7 Å². The Hall–Kier alpha value is -0.130. The maximum absolute atomic E-state index is 11.3. The molecule has 0 aromatic carbocycles. The van der Waals surface area contributed by atoms with Crippen LogP contribution < -0.4 is 5.73 Å². The first-order valence-electron chi connectivity index (χ1n) is 5.06. The van der Waals surface area contributed by atoms with Gasteiger partial charge in [-0.25, -0.2) is 8.42 Å². The van der Waals surface area contributed by atoms with E-state index in [1.165, 1.54) is 0 Å². The van der Waals surface area contributed by atoms with Crippen LogP contribution in [0.25, 0.3) is 0 Å². The summed E-state index contributed by atoms with van der Waals surface area (Å²) in [6.45, 7) is 0.504. The summed E-state index contributed by atoms with van der Waals surface area (Å²) in [6, 6.07) is 0. The van der Waals surface area contributed by atoms with E-state index in [2.05, 4.69) is 0 Å². The van der Waals surface area contributed by atoms with E-state index < -0.39 is 9.84 Å². The molecule has 1 saturated carbocycles. The first-order valence-corrected chi connectivity index (χ1v) is 6.88. The Labute approximate surface area is 84.4 Å². The monoisotopic (exact) mass is 219 g/mol. The van der Waals surface area contributed by atoms with Gasteiger partial charge in [0.15, 0.2) is 9.84 Å². The molecule has 1 aliphatic carbocycles. The van der Waals surface area contributed by atoms with Crippen molar-refractivity contribution in [3.63, 3.8) is 0 Å². The van der Waals surface area contributed by atoms with Crippen molar-refractivity contribution in [1.82, 2.24) is 0 Å². The largest absolute Gasteiger partial charge is 0.393 e. The molecule has 0 aromatic rings. The van der Waals surface area contributed by atoms with Gasteiger partial charge in [0.05, 0.1) is 17.6 Å². The molecular formula is C9H17NO3S. The second kappa shape index (κ2) is 3.18. The topological polar surface area (TPSA) is 80.4 Å². The van der Waals surface area contributed by atoms with Crippen LogP contribution in [0.3, 0.4) is 0 Å². The highest BCUT2D eigenvalue weighted by atomic mass is 32.2. The molecule has 2 rings (SSSR count). The molecule has 0 amide bonds. The summed E-state index contributed by atoms with van der Waals surface area (Å²) in [5.41, 5.74) is 5.61. The molecule has 2 aliphatic rings. The van der Waals surface area contributed by atoms with Crippen molar-refractivity contribution >= 4 is 9.84 Å². The van der Waals surface area contributed by atoms with Crippen LogP contribution in [0.15, 0.2) is 0 Å². The maximum atomic E-state index is 11.3. The lowest BCUT2D eigenvalue weighted by Gasteiger charge is -2.48. The summed E-state index contributed by atoms with van der Waals surface area (Å²) in [6.07, 6.45) is 1.83. The highest BCUT2D eigenvalue weighted by Crippen LogP contribution is 2.49. The summed E-state index contributed by atoms with van der Waals surface area (Å²) < 4.78 is 22.6. The minimum atomic E-state index is -2.82. The molecule has 1 aliphatic heterocycles. The third-order valence-electron chi connectivity index (χ3n) is 3.79. The van der Waals surface area contributed by atoms with Gasteiger partial charge in [0.2, 0.25) is 0 Å². The van der Waals surface area contributed by atoms with Crippen LogP contribution in [0.2, 0.25) is 0 Å². The van der Waals surface area contributed by atoms with Crippen molar-refractivity contribution in [2.24, 2.45) is 17.1 Å². The second-order valence-electron chi connectivity index (χ2n) is 4.73. The molecule has 1 heterocycles. The molecule has 2 fully saturated rings. The number of hydrogen-bond acceptors (Lipinski definition) is 4. The average Bonchev–Trinajstić information content (AvgIpc) is 2.40. The Morgan fingerprint density at radius 2 is 2.07 bits per heavy atom. The molecule has 5 heteroatoms. The third-order valence-corrected chi connectivity index (χ3v) is 5.56. The fourth-order valence-corrected chi connectivity index (χ4v) is 4.77. The van der Waals surface area contributed by atoms with E-state index in [1.54, 1.807) is 0 Å². The minimum absolute atomic E-state index is 0.0804. The van der Waals surface area contributed by atoms with Gasteiger partial charge in [0, 0.05) is 0 Å². The predicted octanol–water partition coefficient (Wildman–Crippen LogP) is -0.479. The van der Waals surface area contributed by atoms with E-state index in [-0.39, 0.29) is 23.2 Å². The summed E-state index contributed by atoms with van der Waals surface area (Å²) >= 11 is 0. The molecule has 1 unspecified atom stereocenters. The number of aliphatic hydroxyl groups is 1.